The van der Waals surface area contributed by atoms with E-state index < -0.39 is 0 Å². The molecule has 0 aromatic heterocycles. The molecule has 204 valence electrons. The predicted molar refractivity (Wildman–Crippen MR) is 164 cm³/mol. The monoisotopic (exact) mass is 692 g/mol. The van der Waals surface area contributed by atoms with E-state index in [0.29, 0.717) is 0 Å². The van der Waals surface area contributed by atoms with Crippen LogP contribution in [0.25, 0.3) is 0 Å². The Kier molecular flexibility index (Phi) is 38.4. The molecular formula is C32H68Sn2. The molecule has 0 aromatic carbocycles. The van der Waals surface area contributed by atoms with Crippen molar-refractivity contribution in [3.63, 3.8) is 0 Å². The summed E-state index contributed by atoms with van der Waals surface area (Å²) in [5, 5.41) is 0. The van der Waals surface area contributed by atoms with Gasteiger partial charge in [-0.05, 0) is 0 Å². The van der Waals surface area contributed by atoms with Gasteiger partial charge in [0.1, 0.15) is 0 Å². The molecule has 0 rings (SSSR count). The summed E-state index contributed by atoms with van der Waals surface area (Å²) in [7, 11) is 0. The fraction of sp³-hybridized carbons (Fsp3) is 1.00. The topological polar surface area (TPSA) is 0 Å². The standard InChI is InChI=1S/4C8H17.2Sn/c2*1-4-5-6-7-8(2)3;2*1-3-5-7-8-6-4-2;;/h2*8H,1,4-7H2,2-3H3;2*1,3-8H2,2H3;;. The van der Waals surface area contributed by atoms with E-state index in [1.165, 1.54) is 103 Å². The molecule has 0 N–H and O–H groups in total. The molecule has 0 heterocycles. The third-order valence-electron chi connectivity index (χ3n) is 6.68. The summed E-state index contributed by atoms with van der Waals surface area (Å²) in [6, 6.07) is 0. The van der Waals surface area contributed by atoms with Crippen molar-refractivity contribution in [3.05, 3.63) is 0 Å². The van der Waals surface area contributed by atoms with Gasteiger partial charge in [0, 0.05) is 0 Å². The van der Waals surface area contributed by atoms with E-state index >= 15 is 0 Å². The number of unbranched alkanes of at least 4 members (excludes halogenated alkanes) is 14. The van der Waals surface area contributed by atoms with Gasteiger partial charge in [0.2, 0.25) is 0 Å². The van der Waals surface area contributed by atoms with Gasteiger partial charge in [-0.3, -0.25) is 0 Å². The first-order valence-electron chi connectivity index (χ1n) is 16.0. The fourth-order valence-electron chi connectivity index (χ4n) is 4.27. The van der Waals surface area contributed by atoms with Crippen LogP contribution in [0.15, 0.2) is 0 Å². The molecule has 0 unspecified atom stereocenters. The molecule has 0 fully saturated rings. The molecule has 0 saturated carbocycles. The van der Waals surface area contributed by atoms with Crippen LogP contribution < -0.4 is 0 Å². The zero-order chi connectivity index (χ0) is 25.5. The van der Waals surface area contributed by atoms with Crippen LogP contribution in [-0.2, 0) is 0 Å². The van der Waals surface area contributed by atoms with Crippen LogP contribution in [0.1, 0.15) is 170 Å². The summed E-state index contributed by atoms with van der Waals surface area (Å²) >= 11 is 0.131. The Morgan fingerprint density at radius 3 is 0.912 bits per heavy atom. The summed E-state index contributed by atoms with van der Waals surface area (Å²) in [6.45, 7) is 14.0. The van der Waals surface area contributed by atoms with Gasteiger partial charge in [-0.2, -0.15) is 0 Å². The van der Waals surface area contributed by atoms with E-state index in [0.717, 1.165) is 11.8 Å². The first-order valence-corrected chi connectivity index (χ1v) is 24.0. The first kappa shape index (κ1) is 37.7. The Balaban J connectivity index is 0. The molecule has 0 saturated heterocycles. The van der Waals surface area contributed by atoms with E-state index in [4.69, 9.17) is 0 Å². The van der Waals surface area contributed by atoms with Crippen molar-refractivity contribution in [2.24, 2.45) is 11.8 Å². The average Bonchev–Trinajstić information content (AvgIpc) is 2.80. The second-order valence-electron chi connectivity index (χ2n) is 11.5. The molecule has 0 aliphatic rings. The van der Waals surface area contributed by atoms with Crippen LogP contribution in [-0.4, -0.2) is 42.3 Å². The van der Waals surface area contributed by atoms with E-state index in [1.54, 1.807) is 43.4 Å². The zero-order valence-corrected chi connectivity index (χ0v) is 30.8. The predicted octanol–water partition coefficient (Wildman–Crippen LogP) is 12.2. The molecular weight excluding hydrogens is 622 g/mol. The van der Waals surface area contributed by atoms with E-state index in [2.05, 4.69) is 41.5 Å². The van der Waals surface area contributed by atoms with Crippen molar-refractivity contribution in [1.29, 1.82) is 0 Å². The van der Waals surface area contributed by atoms with Crippen molar-refractivity contribution in [2.75, 3.05) is 0 Å². The molecule has 0 aromatic rings. The Morgan fingerprint density at radius 1 is 0.353 bits per heavy atom. The second kappa shape index (κ2) is 34.6. The van der Waals surface area contributed by atoms with Crippen LogP contribution in [0.3, 0.4) is 0 Å². The van der Waals surface area contributed by atoms with E-state index in [9.17, 15) is 0 Å². The summed E-state index contributed by atoms with van der Waals surface area (Å²) in [4.78, 5) is 0. The van der Waals surface area contributed by atoms with Crippen molar-refractivity contribution >= 4 is 42.3 Å². The van der Waals surface area contributed by atoms with Crippen LogP contribution in [0, 0.1) is 11.8 Å². The van der Waals surface area contributed by atoms with Gasteiger partial charge in [0.25, 0.3) is 0 Å². The van der Waals surface area contributed by atoms with Crippen molar-refractivity contribution in [3.8, 4) is 0 Å². The first-order chi connectivity index (χ1) is 16.5. The molecule has 0 bridgehead atoms. The number of rotatable bonds is 26. The third-order valence-corrected chi connectivity index (χ3v) is 14.8. The molecule has 0 spiro atoms. The van der Waals surface area contributed by atoms with Crippen LogP contribution >= 0.6 is 0 Å². The van der Waals surface area contributed by atoms with E-state index in [1.807, 2.05) is 0 Å². The Hall–Kier alpha value is 1.60. The molecule has 0 aliphatic heterocycles. The average molecular weight is 690 g/mol. The SMILES string of the molecule is CC(C)CCCC[CH2][Sn][CH2]CCCCC(C)C.CCCCCCC[CH2][Sn][CH2]CCCCCCC. The molecule has 4 radical (unpaired) electrons. The maximum atomic E-state index is 2.34. The normalized spacial score (nSPS) is 11.3. The zero-order valence-electron chi connectivity index (χ0n) is 25.1. The molecule has 0 amide bonds. The molecule has 0 atom stereocenters. The van der Waals surface area contributed by atoms with Gasteiger partial charge in [-0.25, -0.2) is 0 Å². The summed E-state index contributed by atoms with van der Waals surface area (Å²) < 4.78 is 6.60. The van der Waals surface area contributed by atoms with Gasteiger partial charge in [-0.1, -0.05) is 0 Å². The van der Waals surface area contributed by atoms with Crippen LogP contribution in [0.5, 0.6) is 0 Å². The maximum absolute atomic E-state index is 2.34. The minimum absolute atomic E-state index is 0.0570. The van der Waals surface area contributed by atoms with Gasteiger partial charge < -0.3 is 0 Å². The fourth-order valence-corrected chi connectivity index (χ4v) is 11.4. The van der Waals surface area contributed by atoms with Gasteiger partial charge >= 0.3 is 242 Å². The summed E-state index contributed by atoms with van der Waals surface area (Å²) in [6.07, 6.45) is 29.8. The van der Waals surface area contributed by atoms with Crippen molar-refractivity contribution < 1.29 is 0 Å². The van der Waals surface area contributed by atoms with Crippen LogP contribution in [0.4, 0.5) is 0 Å². The molecule has 0 aliphatic carbocycles. The second-order valence-corrected chi connectivity index (χ2v) is 20.1. The van der Waals surface area contributed by atoms with Gasteiger partial charge in [0.05, 0.1) is 0 Å². The van der Waals surface area contributed by atoms with Gasteiger partial charge in [-0.15, -0.1) is 0 Å². The van der Waals surface area contributed by atoms with Crippen molar-refractivity contribution in [1.82, 2.24) is 0 Å². The Morgan fingerprint density at radius 2 is 0.618 bits per heavy atom. The summed E-state index contributed by atoms with van der Waals surface area (Å²) in [5.74, 6) is 1.83. The Labute approximate surface area is 240 Å². The third kappa shape index (κ3) is 40.8. The molecule has 0 nitrogen and oxygen atoms in total. The van der Waals surface area contributed by atoms with Gasteiger partial charge in [0.15, 0.2) is 0 Å². The summed E-state index contributed by atoms with van der Waals surface area (Å²) in [5.41, 5.74) is 0. The van der Waals surface area contributed by atoms with Crippen molar-refractivity contribution in [2.45, 2.75) is 188 Å². The molecule has 34 heavy (non-hydrogen) atoms. The minimum atomic E-state index is 0.0570. The number of hydrogen-bond acceptors (Lipinski definition) is 0. The molecule has 2 heteroatoms. The van der Waals surface area contributed by atoms with Crippen LogP contribution in [0.2, 0.25) is 17.7 Å². The number of hydrogen-bond donors (Lipinski definition) is 0. The quantitative estimate of drug-likeness (QED) is 0.0626. The van der Waals surface area contributed by atoms with E-state index in [-0.39, 0.29) is 42.3 Å². The Bertz CT molecular complexity index is 297.